The summed E-state index contributed by atoms with van der Waals surface area (Å²) in [5.41, 5.74) is -0.339. The molecule has 2 rings (SSSR count). The van der Waals surface area contributed by atoms with Crippen molar-refractivity contribution < 1.29 is 9.53 Å². The molecule has 1 aromatic rings. The van der Waals surface area contributed by atoms with Gasteiger partial charge in [-0.15, -0.1) is 11.3 Å². The van der Waals surface area contributed by atoms with Gasteiger partial charge in [0.2, 0.25) is 0 Å². The molecule has 88 valence electrons. The first-order chi connectivity index (χ1) is 7.74. The molecule has 1 aromatic heterocycles. The molecule has 1 heterocycles. The first-order valence-corrected chi connectivity index (χ1v) is 6.41. The number of hydrogen-bond donors (Lipinski definition) is 1. The smallest absolute Gasteiger partial charge is 0.313 e. The number of hydrogen-bond acceptors (Lipinski definition) is 4. The zero-order valence-electron chi connectivity index (χ0n) is 9.66. The van der Waals surface area contributed by atoms with Gasteiger partial charge in [0.25, 0.3) is 0 Å². The molecular formula is C12H17NO2S. The van der Waals surface area contributed by atoms with Gasteiger partial charge >= 0.3 is 5.97 Å². The van der Waals surface area contributed by atoms with Gasteiger partial charge in [-0.2, -0.15) is 0 Å². The van der Waals surface area contributed by atoms with Crippen LogP contribution in [0.3, 0.4) is 0 Å². The summed E-state index contributed by atoms with van der Waals surface area (Å²) in [7, 11) is 3.39. The minimum absolute atomic E-state index is 0.0773. The van der Waals surface area contributed by atoms with Crippen LogP contribution in [-0.2, 0) is 9.53 Å². The highest BCUT2D eigenvalue weighted by atomic mass is 32.1. The van der Waals surface area contributed by atoms with E-state index in [1.54, 1.807) is 11.3 Å². The number of esters is 1. The molecule has 0 aromatic carbocycles. The van der Waals surface area contributed by atoms with Crippen LogP contribution in [0.15, 0.2) is 17.5 Å². The Bertz CT molecular complexity index is 357. The Morgan fingerprint density at radius 1 is 1.62 bits per heavy atom. The Kier molecular flexibility index (Phi) is 3.30. The minimum Gasteiger partial charge on any atom is -0.469 e. The van der Waals surface area contributed by atoms with E-state index in [1.165, 1.54) is 12.0 Å². The number of ether oxygens (including phenoxy) is 1. The summed E-state index contributed by atoms with van der Waals surface area (Å²) in [6, 6.07) is 4.19. The van der Waals surface area contributed by atoms with E-state index in [-0.39, 0.29) is 17.4 Å². The quantitative estimate of drug-likeness (QED) is 0.820. The third-order valence-electron chi connectivity index (χ3n) is 3.51. The maximum Gasteiger partial charge on any atom is 0.313 e. The highest BCUT2D eigenvalue weighted by molar-refractivity contribution is 7.10. The molecule has 16 heavy (non-hydrogen) atoms. The molecule has 1 atom stereocenters. The second-order valence-corrected chi connectivity index (χ2v) is 5.22. The van der Waals surface area contributed by atoms with Gasteiger partial charge in [-0.3, -0.25) is 4.79 Å². The van der Waals surface area contributed by atoms with E-state index >= 15 is 0 Å². The van der Waals surface area contributed by atoms with E-state index in [0.29, 0.717) is 0 Å². The van der Waals surface area contributed by atoms with Gasteiger partial charge < -0.3 is 10.1 Å². The fourth-order valence-electron chi connectivity index (χ4n) is 2.52. The fourth-order valence-corrected chi connectivity index (χ4v) is 3.47. The number of methoxy groups -OCH3 is 1. The molecule has 0 saturated heterocycles. The minimum atomic E-state index is -0.339. The van der Waals surface area contributed by atoms with Gasteiger partial charge in [-0.25, -0.2) is 0 Å². The summed E-state index contributed by atoms with van der Waals surface area (Å²) in [4.78, 5) is 13.2. The summed E-state index contributed by atoms with van der Waals surface area (Å²) in [6.07, 6.45) is 2.95. The van der Waals surface area contributed by atoms with Crippen LogP contribution in [0.4, 0.5) is 0 Å². The topological polar surface area (TPSA) is 38.3 Å². The van der Waals surface area contributed by atoms with Gasteiger partial charge in [0, 0.05) is 4.88 Å². The molecule has 4 heteroatoms. The molecule has 1 aliphatic carbocycles. The Morgan fingerprint density at radius 2 is 2.38 bits per heavy atom. The van der Waals surface area contributed by atoms with Crippen LogP contribution < -0.4 is 5.32 Å². The molecule has 1 aliphatic rings. The molecular weight excluding hydrogens is 222 g/mol. The van der Waals surface area contributed by atoms with E-state index in [0.717, 1.165) is 19.3 Å². The normalized spacial score (nSPS) is 19.9. The highest BCUT2D eigenvalue weighted by Crippen LogP contribution is 2.51. The van der Waals surface area contributed by atoms with Crippen LogP contribution >= 0.6 is 11.3 Å². The summed E-state index contributed by atoms with van der Waals surface area (Å²) in [5.74, 6) is -0.0773. The summed E-state index contributed by atoms with van der Waals surface area (Å²) in [6.45, 7) is 0. The van der Waals surface area contributed by atoms with Crippen LogP contribution in [0.1, 0.15) is 30.2 Å². The standard InChI is InChI=1S/C12H17NO2S/c1-13-10(9-5-3-8-16-9)12(6-4-7-12)11(14)15-2/h3,5,8,10,13H,4,6-7H2,1-2H3. The second-order valence-electron chi connectivity index (χ2n) is 4.24. The third kappa shape index (κ3) is 1.66. The molecule has 1 saturated carbocycles. The van der Waals surface area contributed by atoms with E-state index in [4.69, 9.17) is 4.74 Å². The fraction of sp³-hybridized carbons (Fsp3) is 0.583. The molecule has 0 radical (unpaired) electrons. The average molecular weight is 239 g/mol. The molecule has 1 unspecified atom stereocenters. The van der Waals surface area contributed by atoms with Crippen molar-refractivity contribution in [1.82, 2.24) is 5.32 Å². The van der Waals surface area contributed by atoms with Gasteiger partial charge in [0.05, 0.1) is 18.6 Å². The number of carbonyl (C=O) groups is 1. The lowest BCUT2D eigenvalue weighted by atomic mass is 9.63. The maximum atomic E-state index is 12.0. The van der Waals surface area contributed by atoms with Crippen LogP contribution in [0, 0.1) is 5.41 Å². The van der Waals surface area contributed by atoms with Crippen molar-refractivity contribution in [3.63, 3.8) is 0 Å². The third-order valence-corrected chi connectivity index (χ3v) is 4.44. The Hall–Kier alpha value is -0.870. The van der Waals surface area contributed by atoms with Crippen molar-refractivity contribution in [3.05, 3.63) is 22.4 Å². The van der Waals surface area contributed by atoms with E-state index < -0.39 is 0 Å². The van der Waals surface area contributed by atoms with Gasteiger partial charge in [0.1, 0.15) is 0 Å². The molecule has 3 nitrogen and oxygen atoms in total. The molecule has 0 bridgehead atoms. The lowest BCUT2D eigenvalue weighted by molar-refractivity contribution is -0.161. The lowest BCUT2D eigenvalue weighted by Crippen LogP contribution is -2.48. The number of rotatable bonds is 4. The van der Waals surface area contributed by atoms with Crippen LogP contribution in [-0.4, -0.2) is 20.1 Å². The maximum absolute atomic E-state index is 12.0. The molecule has 0 aliphatic heterocycles. The zero-order valence-corrected chi connectivity index (χ0v) is 10.5. The van der Waals surface area contributed by atoms with Gasteiger partial charge in [-0.05, 0) is 31.3 Å². The van der Waals surface area contributed by atoms with Crippen molar-refractivity contribution >= 4 is 17.3 Å². The number of thiophene rings is 1. The summed E-state index contributed by atoms with van der Waals surface area (Å²) < 4.78 is 4.96. The number of nitrogens with one attached hydrogen (secondary N) is 1. The molecule has 0 amide bonds. The Morgan fingerprint density at radius 3 is 2.75 bits per heavy atom. The molecule has 1 N–H and O–H groups in total. The van der Waals surface area contributed by atoms with Crippen LogP contribution in [0.2, 0.25) is 0 Å². The van der Waals surface area contributed by atoms with Gasteiger partial charge in [-0.1, -0.05) is 12.5 Å². The Balaban J connectivity index is 2.28. The lowest BCUT2D eigenvalue weighted by Gasteiger charge is -2.44. The largest absolute Gasteiger partial charge is 0.469 e. The average Bonchev–Trinajstić information content (AvgIpc) is 2.75. The molecule has 0 spiro atoms. The predicted molar refractivity (Wildman–Crippen MR) is 64.4 cm³/mol. The zero-order chi connectivity index (χ0) is 11.6. The monoisotopic (exact) mass is 239 g/mol. The van der Waals surface area contributed by atoms with Crippen molar-refractivity contribution in [2.45, 2.75) is 25.3 Å². The first kappa shape index (κ1) is 11.6. The SMILES string of the molecule is CNC(c1cccs1)C1(C(=O)OC)CCC1. The van der Waals surface area contributed by atoms with Crippen molar-refractivity contribution in [1.29, 1.82) is 0 Å². The van der Waals surface area contributed by atoms with Crippen molar-refractivity contribution in [2.24, 2.45) is 5.41 Å². The Labute approximate surface area is 99.8 Å². The summed E-state index contributed by atoms with van der Waals surface area (Å²) >= 11 is 1.69. The van der Waals surface area contributed by atoms with E-state index in [9.17, 15) is 4.79 Å². The van der Waals surface area contributed by atoms with Crippen LogP contribution in [0.25, 0.3) is 0 Å². The van der Waals surface area contributed by atoms with Gasteiger partial charge in [0.15, 0.2) is 0 Å². The van der Waals surface area contributed by atoms with Crippen molar-refractivity contribution in [2.75, 3.05) is 14.2 Å². The first-order valence-electron chi connectivity index (χ1n) is 5.53. The number of carbonyl (C=O) groups excluding carboxylic acids is 1. The van der Waals surface area contributed by atoms with Crippen molar-refractivity contribution in [3.8, 4) is 0 Å². The molecule has 1 fully saturated rings. The summed E-state index contributed by atoms with van der Waals surface area (Å²) in [5, 5.41) is 5.32. The highest BCUT2D eigenvalue weighted by Gasteiger charge is 2.51. The van der Waals surface area contributed by atoms with E-state index in [2.05, 4.69) is 11.4 Å². The predicted octanol–water partition coefficient (Wildman–Crippen LogP) is 2.35. The second kappa shape index (κ2) is 4.55. The van der Waals surface area contributed by atoms with Crippen LogP contribution in [0.5, 0.6) is 0 Å². The van der Waals surface area contributed by atoms with E-state index in [1.807, 2.05) is 18.5 Å².